The number of hydrogen-bond acceptors (Lipinski definition) is 7. The van der Waals surface area contributed by atoms with Gasteiger partial charge in [0.1, 0.15) is 10.5 Å². The zero-order valence-corrected chi connectivity index (χ0v) is 21.4. The molecule has 0 radical (unpaired) electrons. The average molecular weight is 476 g/mol. The second-order valence-corrected chi connectivity index (χ2v) is 11.0. The molecule has 33 heavy (non-hydrogen) atoms. The number of carbonyl (C=O) groups excluding carboxylic acids is 2. The maximum absolute atomic E-state index is 12.2. The SMILES string of the molecule is CCN([C@H]1CC[C@H](NC(=O)OC(C)(C)C)CC1)N1C=CSC1(C)c1cccc(C(=O)OC)c1. The number of carbonyl (C=O) groups is 2. The van der Waals surface area contributed by atoms with Gasteiger partial charge < -0.3 is 14.8 Å². The van der Waals surface area contributed by atoms with Crippen molar-refractivity contribution in [2.45, 2.75) is 82.9 Å². The van der Waals surface area contributed by atoms with Crippen LogP contribution >= 0.6 is 11.8 Å². The molecule has 0 saturated heterocycles. The van der Waals surface area contributed by atoms with E-state index >= 15 is 0 Å². The molecular weight excluding hydrogens is 438 g/mol. The van der Waals surface area contributed by atoms with Crippen molar-refractivity contribution in [3.8, 4) is 0 Å². The summed E-state index contributed by atoms with van der Waals surface area (Å²) >= 11 is 1.73. The molecule has 1 fully saturated rings. The molecule has 1 aromatic carbocycles. The normalized spacial score (nSPS) is 25.2. The number of methoxy groups -OCH3 is 1. The molecule has 3 rings (SSSR count). The number of rotatable bonds is 6. The number of nitrogens with zero attached hydrogens (tertiary/aromatic N) is 2. The minimum absolute atomic E-state index is 0.140. The van der Waals surface area contributed by atoms with Crippen LogP contribution in [-0.4, -0.2) is 53.4 Å². The highest BCUT2D eigenvalue weighted by Crippen LogP contribution is 2.47. The molecule has 1 saturated carbocycles. The Bertz CT molecular complexity index is 877. The highest BCUT2D eigenvalue weighted by atomic mass is 32.2. The van der Waals surface area contributed by atoms with Gasteiger partial charge in [0, 0.05) is 24.8 Å². The van der Waals surface area contributed by atoms with Crippen LogP contribution in [0.5, 0.6) is 0 Å². The van der Waals surface area contributed by atoms with Gasteiger partial charge in [-0.15, -0.1) is 0 Å². The van der Waals surface area contributed by atoms with Crippen LogP contribution in [-0.2, 0) is 14.3 Å². The average Bonchev–Trinajstić information content (AvgIpc) is 3.16. The molecule has 0 aromatic heterocycles. The first kappa shape index (κ1) is 25.4. The molecule has 0 bridgehead atoms. The first-order valence-corrected chi connectivity index (χ1v) is 12.5. The van der Waals surface area contributed by atoms with E-state index in [0.717, 1.165) is 37.8 Å². The predicted octanol–water partition coefficient (Wildman–Crippen LogP) is 5.24. The molecule has 1 heterocycles. The summed E-state index contributed by atoms with van der Waals surface area (Å²) in [6, 6.07) is 8.20. The van der Waals surface area contributed by atoms with Gasteiger partial charge in [0.2, 0.25) is 0 Å². The van der Waals surface area contributed by atoms with Gasteiger partial charge in [-0.25, -0.2) is 14.6 Å². The Balaban J connectivity index is 1.68. The molecular formula is C25H37N3O4S. The van der Waals surface area contributed by atoms with Crippen molar-refractivity contribution >= 4 is 23.8 Å². The Kier molecular flexibility index (Phi) is 8.00. The second-order valence-electron chi connectivity index (χ2n) is 9.71. The van der Waals surface area contributed by atoms with E-state index in [-0.39, 0.29) is 23.0 Å². The van der Waals surface area contributed by atoms with Crippen LogP contribution in [0.2, 0.25) is 0 Å². The Hall–Kier alpha value is -2.19. The topological polar surface area (TPSA) is 71.1 Å². The minimum Gasteiger partial charge on any atom is -0.465 e. The van der Waals surface area contributed by atoms with Gasteiger partial charge in [-0.2, -0.15) is 0 Å². The van der Waals surface area contributed by atoms with Gasteiger partial charge >= 0.3 is 12.1 Å². The van der Waals surface area contributed by atoms with Gasteiger partial charge in [0.25, 0.3) is 0 Å². The summed E-state index contributed by atoms with van der Waals surface area (Å²) in [4.78, 5) is 23.9. The summed E-state index contributed by atoms with van der Waals surface area (Å²) in [6.45, 7) is 10.9. The highest BCUT2D eigenvalue weighted by Gasteiger charge is 2.41. The van der Waals surface area contributed by atoms with Crippen molar-refractivity contribution in [3.05, 3.63) is 47.0 Å². The van der Waals surface area contributed by atoms with Crippen molar-refractivity contribution in [1.82, 2.24) is 15.3 Å². The second kappa shape index (κ2) is 10.4. The van der Waals surface area contributed by atoms with E-state index in [9.17, 15) is 9.59 Å². The van der Waals surface area contributed by atoms with Crippen LogP contribution in [0.4, 0.5) is 4.79 Å². The van der Waals surface area contributed by atoms with E-state index in [4.69, 9.17) is 9.47 Å². The van der Waals surface area contributed by atoms with Gasteiger partial charge in [-0.3, -0.25) is 5.01 Å². The van der Waals surface area contributed by atoms with Crippen LogP contribution in [0, 0.1) is 0 Å². The first-order chi connectivity index (χ1) is 15.6. The number of hydrogen-bond donors (Lipinski definition) is 1. The van der Waals surface area contributed by atoms with Crippen LogP contribution in [0.1, 0.15) is 76.2 Å². The zero-order chi connectivity index (χ0) is 24.2. The maximum atomic E-state index is 12.2. The largest absolute Gasteiger partial charge is 0.465 e. The van der Waals surface area contributed by atoms with E-state index in [2.05, 4.69) is 46.9 Å². The van der Waals surface area contributed by atoms with Crippen molar-refractivity contribution < 1.29 is 19.1 Å². The van der Waals surface area contributed by atoms with E-state index in [1.165, 1.54) is 7.11 Å². The van der Waals surface area contributed by atoms with Gasteiger partial charge in [-0.05, 0) is 76.5 Å². The lowest BCUT2D eigenvalue weighted by atomic mass is 9.90. The lowest BCUT2D eigenvalue weighted by Gasteiger charge is -2.48. The Morgan fingerprint density at radius 2 is 1.94 bits per heavy atom. The van der Waals surface area contributed by atoms with E-state index in [1.807, 2.05) is 32.9 Å². The van der Waals surface area contributed by atoms with E-state index in [0.29, 0.717) is 11.6 Å². The fraction of sp³-hybridized carbons (Fsp3) is 0.600. The van der Waals surface area contributed by atoms with Gasteiger partial charge in [0.15, 0.2) is 0 Å². The molecule has 1 aromatic rings. The molecule has 1 atom stereocenters. The number of benzene rings is 1. The number of hydrazine groups is 1. The summed E-state index contributed by atoms with van der Waals surface area (Å²) in [5.74, 6) is -0.328. The number of nitrogens with one attached hydrogen (secondary N) is 1. The fourth-order valence-corrected chi connectivity index (χ4v) is 5.56. The number of amides is 1. The Morgan fingerprint density at radius 3 is 2.55 bits per heavy atom. The molecule has 2 aliphatic rings. The zero-order valence-electron chi connectivity index (χ0n) is 20.6. The summed E-state index contributed by atoms with van der Waals surface area (Å²) in [5, 5.41) is 9.87. The first-order valence-electron chi connectivity index (χ1n) is 11.7. The summed E-state index contributed by atoms with van der Waals surface area (Å²) in [5.41, 5.74) is 1.12. The highest BCUT2D eigenvalue weighted by molar-refractivity contribution is 8.03. The standard InChI is InChI=1S/C25H37N3O4S/c1-7-27(21-13-11-20(12-14-21)26-23(30)32-24(2,3)4)28-15-16-33-25(28,5)19-10-8-9-18(17-19)22(29)31-6/h8-10,15-17,20-21H,7,11-14H2,1-6H3,(H,26,30)/t20-,21-,25?. The number of alkyl carbamates (subject to hydrolysis) is 1. The van der Waals surface area contributed by atoms with E-state index in [1.54, 1.807) is 17.8 Å². The summed E-state index contributed by atoms with van der Waals surface area (Å²) in [7, 11) is 1.40. The molecule has 182 valence electrons. The van der Waals surface area contributed by atoms with Crippen molar-refractivity contribution in [2.24, 2.45) is 0 Å². The van der Waals surface area contributed by atoms with Crippen LogP contribution in [0.25, 0.3) is 0 Å². The molecule has 1 unspecified atom stereocenters. The number of esters is 1. The van der Waals surface area contributed by atoms with Crippen molar-refractivity contribution in [1.29, 1.82) is 0 Å². The molecule has 1 aliphatic carbocycles. The molecule has 0 spiro atoms. The molecule has 1 aliphatic heterocycles. The van der Waals surface area contributed by atoms with Crippen LogP contribution in [0.15, 0.2) is 35.9 Å². The van der Waals surface area contributed by atoms with Crippen LogP contribution < -0.4 is 5.32 Å². The number of thioether (sulfide) groups is 1. The van der Waals surface area contributed by atoms with E-state index < -0.39 is 5.60 Å². The Labute approximate surface area is 201 Å². The third-order valence-corrected chi connectivity index (χ3v) is 7.34. The third-order valence-electron chi connectivity index (χ3n) is 6.20. The lowest BCUT2D eigenvalue weighted by Crippen LogP contribution is -2.54. The number of ether oxygens (including phenoxy) is 2. The minimum atomic E-state index is -0.490. The molecule has 1 amide bonds. The van der Waals surface area contributed by atoms with Gasteiger partial charge in [-0.1, -0.05) is 30.8 Å². The van der Waals surface area contributed by atoms with Crippen LogP contribution in [0.3, 0.4) is 0 Å². The quantitative estimate of drug-likeness (QED) is 0.564. The Morgan fingerprint density at radius 1 is 1.24 bits per heavy atom. The molecule has 7 nitrogen and oxygen atoms in total. The monoisotopic (exact) mass is 475 g/mol. The van der Waals surface area contributed by atoms with Crippen molar-refractivity contribution in [2.75, 3.05) is 13.7 Å². The lowest BCUT2D eigenvalue weighted by molar-refractivity contribution is -0.0663. The maximum Gasteiger partial charge on any atom is 0.407 e. The predicted molar refractivity (Wildman–Crippen MR) is 131 cm³/mol. The fourth-order valence-electron chi connectivity index (χ4n) is 4.58. The molecule has 8 heteroatoms. The van der Waals surface area contributed by atoms with Gasteiger partial charge in [0.05, 0.1) is 12.7 Å². The third kappa shape index (κ3) is 6.03. The summed E-state index contributed by atoms with van der Waals surface area (Å²) in [6.07, 6.45) is 5.60. The summed E-state index contributed by atoms with van der Waals surface area (Å²) < 4.78 is 10.3. The molecule has 1 N–H and O–H groups in total. The smallest absolute Gasteiger partial charge is 0.407 e. The van der Waals surface area contributed by atoms with Crippen molar-refractivity contribution in [3.63, 3.8) is 0 Å².